The Labute approximate surface area is 84.4 Å². The maximum atomic E-state index is 12.8. The molecule has 0 unspecified atom stereocenters. The van der Waals surface area contributed by atoms with Gasteiger partial charge in [0.25, 0.3) is 0 Å². The number of hydrogen-bond acceptors (Lipinski definition) is 4. The average Bonchev–Trinajstić information content (AvgIpc) is 2.66. The first-order valence-electron chi connectivity index (χ1n) is 4.05. The molecule has 2 aromatic heterocycles. The van der Waals surface area contributed by atoms with Gasteiger partial charge in [-0.2, -0.15) is 0 Å². The lowest BCUT2D eigenvalue weighted by Crippen LogP contribution is -1.91. The molecule has 0 saturated carbocycles. The van der Waals surface area contributed by atoms with Crippen LogP contribution in [0.25, 0.3) is 10.6 Å². The van der Waals surface area contributed by atoms with Crippen molar-refractivity contribution in [2.45, 2.75) is 6.54 Å². The van der Waals surface area contributed by atoms with Gasteiger partial charge < -0.3 is 5.73 Å². The van der Waals surface area contributed by atoms with Gasteiger partial charge in [0.05, 0.1) is 6.20 Å². The fourth-order valence-corrected chi connectivity index (χ4v) is 1.84. The SMILES string of the molecule is NCc1cnc(-c2cncc(F)c2)s1. The van der Waals surface area contributed by atoms with E-state index in [9.17, 15) is 4.39 Å². The highest BCUT2D eigenvalue weighted by molar-refractivity contribution is 7.15. The molecule has 0 fully saturated rings. The minimum Gasteiger partial charge on any atom is -0.326 e. The highest BCUT2D eigenvalue weighted by Gasteiger charge is 2.04. The normalized spacial score (nSPS) is 10.4. The van der Waals surface area contributed by atoms with E-state index in [1.807, 2.05) is 0 Å². The van der Waals surface area contributed by atoms with Gasteiger partial charge in [-0.3, -0.25) is 4.98 Å². The summed E-state index contributed by atoms with van der Waals surface area (Å²) in [5, 5.41) is 0.748. The monoisotopic (exact) mass is 209 g/mol. The van der Waals surface area contributed by atoms with Crippen LogP contribution in [0.4, 0.5) is 4.39 Å². The Bertz CT molecular complexity index is 441. The smallest absolute Gasteiger partial charge is 0.142 e. The lowest BCUT2D eigenvalue weighted by atomic mass is 10.3. The van der Waals surface area contributed by atoms with Crippen molar-refractivity contribution in [1.82, 2.24) is 9.97 Å². The second kappa shape index (κ2) is 3.81. The molecule has 0 aliphatic rings. The zero-order valence-electron chi connectivity index (χ0n) is 7.27. The van der Waals surface area contributed by atoms with Gasteiger partial charge in [-0.05, 0) is 6.07 Å². The standard InChI is InChI=1S/C9H8FN3S/c10-7-1-6(3-12-4-7)9-13-5-8(2-11)14-9/h1,3-5H,2,11H2. The number of nitrogens with zero attached hydrogens (tertiary/aromatic N) is 2. The lowest BCUT2D eigenvalue weighted by molar-refractivity contribution is 0.622. The molecule has 0 atom stereocenters. The molecule has 0 spiro atoms. The summed E-state index contributed by atoms with van der Waals surface area (Å²) in [4.78, 5) is 8.86. The maximum absolute atomic E-state index is 12.8. The van der Waals surface area contributed by atoms with Crippen LogP contribution in [0.2, 0.25) is 0 Å². The summed E-state index contributed by atoms with van der Waals surface area (Å²) in [6, 6.07) is 1.41. The molecule has 0 aliphatic heterocycles. The van der Waals surface area contributed by atoms with Crippen molar-refractivity contribution in [3.63, 3.8) is 0 Å². The Morgan fingerprint density at radius 1 is 1.36 bits per heavy atom. The molecule has 0 bridgehead atoms. The minimum atomic E-state index is -0.355. The van der Waals surface area contributed by atoms with E-state index in [0.29, 0.717) is 12.1 Å². The third-order valence-corrected chi connectivity index (χ3v) is 2.78. The molecular weight excluding hydrogens is 201 g/mol. The fraction of sp³-hybridized carbons (Fsp3) is 0.111. The van der Waals surface area contributed by atoms with E-state index in [1.165, 1.54) is 23.6 Å². The fourth-order valence-electron chi connectivity index (χ4n) is 1.06. The molecule has 0 aromatic carbocycles. The second-order valence-electron chi connectivity index (χ2n) is 2.73. The quantitative estimate of drug-likeness (QED) is 0.820. The lowest BCUT2D eigenvalue weighted by Gasteiger charge is -1.94. The van der Waals surface area contributed by atoms with Gasteiger partial charge in [0.1, 0.15) is 10.8 Å². The molecule has 3 nitrogen and oxygen atoms in total. The van der Waals surface area contributed by atoms with Crippen molar-refractivity contribution in [3.05, 3.63) is 35.4 Å². The topological polar surface area (TPSA) is 51.8 Å². The van der Waals surface area contributed by atoms with E-state index in [4.69, 9.17) is 5.73 Å². The first kappa shape index (κ1) is 9.23. The third kappa shape index (κ3) is 1.78. The maximum Gasteiger partial charge on any atom is 0.142 e. The predicted molar refractivity (Wildman–Crippen MR) is 53.2 cm³/mol. The third-order valence-electron chi connectivity index (χ3n) is 1.71. The van der Waals surface area contributed by atoms with Crippen LogP contribution in [-0.4, -0.2) is 9.97 Å². The molecule has 0 saturated heterocycles. The predicted octanol–water partition coefficient (Wildman–Crippen LogP) is 1.80. The summed E-state index contributed by atoms with van der Waals surface area (Å²) in [6.45, 7) is 0.459. The highest BCUT2D eigenvalue weighted by atomic mass is 32.1. The van der Waals surface area contributed by atoms with Crippen LogP contribution >= 0.6 is 11.3 Å². The zero-order chi connectivity index (χ0) is 9.97. The van der Waals surface area contributed by atoms with Crippen LogP contribution in [0.15, 0.2) is 24.7 Å². The number of rotatable bonds is 2. The summed E-state index contributed by atoms with van der Waals surface area (Å²) >= 11 is 1.45. The number of halogens is 1. The van der Waals surface area contributed by atoms with Crippen LogP contribution in [0.1, 0.15) is 4.88 Å². The van der Waals surface area contributed by atoms with E-state index in [0.717, 1.165) is 9.88 Å². The first-order valence-corrected chi connectivity index (χ1v) is 4.87. The Kier molecular flexibility index (Phi) is 2.51. The van der Waals surface area contributed by atoms with Crippen molar-refractivity contribution >= 4 is 11.3 Å². The van der Waals surface area contributed by atoms with E-state index >= 15 is 0 Å². The number of hydrogen-bond donors (Lipinski definition) is 1. The molecule has 2 heterocycles. The van der Waals surface area contributed by atoms with Gasteiger partial charge in [0, 0.05) is 29.4 Å². The van der Waals surface area contributed by atoms with Gasteiger partial charge in [-0.1, -0.05) is 0 Å². The van der Waals surface area contributed by atoms with Crippen molar-refractivity contribution in [1.29, 1.82) is 0 Å². The van der Waals surface area contributed by atoms with Crippen LogP contribution in [-0.2, 0) is 6.54 Å². The van der Waals surface area contributed by atoms with Crippen LogP contribution < -0.4 is 5.73 Å². The number of nitrogens with two attached hydrogens (primary N) is 1. The summed E-state index contributed by atoms with van der Waals surface area (Å²) in [7, 11) is 0. The van der Waals surface area contributed by atoms with Gasteiger partial charge in [0.15, 0.2) is 0 Å². The molecule has 0 radical (unpaired) electrons. The van der Waals surface area contributed by atoms with E-state index in [2.05, 4.69) is 9.97 Å². The summed E-state index contributed by atoms with van der Waals surface area (Å²) < 4.78 is 12.8. The molecule has 2 N–H and O–H groups in total. The van der Waals surface area contributed by atoms with E-state index < -0.39 is 0 Å². The number of pyridine rings is 1. The molecular formula is C9H8FN3S. The van der Waals surface area contributed by atoms with Crippen LogP contribution in [0.3, 0.4) is 0 Å². The Balaban J connectivity index is 2.39. The van der Waals surface area contributed by atoms with Gasteiger partial charge in [0.2, 0.25) is 0 Å². The largest absolute Gasteiger partial charge is 0.326 e. The van der Waals surface area contributed by atoms with Crippen LogP contribution in [0, 0.1) is 5.82 Å². The molecule has 0 amide bonds. The summed E-state index contributed by atoms with van der Waals surface area (Å²) in [6.07, 6.45) is 4.45. The average molecular weight is 209 g/mol. The molecule has 72 valence electrons. The zero-order valence-corrected chi connectivity index (χ0v) is 8.09. The van der Waals surface area contributed by atoms with E-state index in [-0.39, 0.29) is 5.82 Å². The molecule has 2 rings (SSSR count). The van der Waals surface area contributed by atoms with Crippen LogP contribution in [0.5, 0.6) is 0 Å². The van der Waals surface area contributed by atoms with Crippen molar-refractivity contribution < 1.29 is 4.39 Å². The molecule has 14 heavy (non-hydrogen) atoms. The summed E-state index contributed by atoms with van der Waals surface area (Å²) in [5.74, 6) is -0.355. The van der Waals surface area contributed by atoms with Gasteiger partial charge >= 0.3 is 0 Å². The van der Waals surface area contributed by atoms with Gasteiger partial charge in [-0.25, -0.2) is 9.37 Å². The van der Waals surface area contributed by atoms with Gasteiger partial charge in [-0.15, -0.1) is 11.3 Å². The Hall–Kier alpha value is -1.33. The van der Waals surface area contributed by atoms with Crippen molar-refractivity contribution in [2.24, 2.45) is 5.73 Å². The minimum absolute atomic E-state index is 0.355. The number of thiazole rings is 1. The first-order chi connectivity index (χ1) is 6.79. The molecule has 0 aliphatic carbocycles. The van der Waals surface area contributed by atoms with Crippen molar-refractivity contribution in [3.8, 4) is 10.6 Å². The molecule has 2 aromatic rings. The van der Waals surface area contributed by atoms with Crippen molar-refractivity contribution in [2.75, 3.05) is 0 Å². The second-order valence-corrected chi connectivity index (χ2v) is 3.84. The Morgan fingerprint density at radius 3 is 2.86 bits per heavy atom. The summed E-state index contributed by atoms with van der Waals surface area (Å²) in [5.41, 5.74) is 6.14. The molecule has 5 heteroatoms. The van der Waals surface area contributed by atoms with E-state index in [1.54, 1.807) is 12.4 Å². The Morgan fingerprint density at radius 2 is 2.21 bits per heavy atom. The number of aromatic nitrogens is 2. The highest BCUT2D eigenvalue weighted by Crippen LogP contribution is 2.24.